The van der Waals surface area contributed by atoms with Crippen molar-refractivity contribution in [2.75, 3.05) is 13.1 Å². The van der Waals surface area contributed by atoms with Gasteiger partial charge >= 0.3 is 0 Å². The zero-order valence-corrected chi connectivity index (χ0v) is 13.9. The van der Waals surface area contributed by atoms with Crippen molar-refractivity contribution in [2.24, 2.45) is 0 Å². The molecule has 3 heterocycles. The van der Waals surface area contributed by atoms with Crippen LogP contribution in [0.3, 0.4) is 0 Å². The van der Waals surface area contributed by atoms with E-state index in [2.05, 4.69) is 20.2 Å². The van der Waals surface area contributed by atoms with Crippen molar-refractivity contribution < 1.29 is 4.79 Å². The number of carbonyl (C=O) groups is 1. The monoisotopic (exact) mass is 339 g/mol. The van der Waals surface area contributed by atoms with E-state index in [-0.39, 0.29) is 5.91 Å². The van der Waals surface area contributed by atoms with Gasteiger partial charge in [-0.1, -0.05) is 30.3 Å². The zero-order chi connectivity index (χ0) is 16.4. The van der Waals surface area contributed by atoms with E-state index in [4.69, 9.17) is 0 Å². The molecule has 1 saturated heterocycles. The molecular formula is C17H17N5OS. The fourth-order valence-corrected chi connectivity index (χ4v) is 3.81. The third kappa shape index (κ3) is 2.94. The Morgan fingerprint density at radius 1 is 1.21 bits per heavy atom. The van der Waals surface area contributed by atoms with Gasteiger partial charge in [0.05, 0.1) is 0 Å². The highest BCUT2D eigenvalue weighted by Gasteiger charge is 2.27. The number of rotatable bonds is 3. The molecular weight excluding hydrogens is 322 g/mol. The average Bonchev–Trinajstić information content (AvgIpc) is 3.34. The number of likely N-dealkylation sites (tertiary alicyclic amines) is 1. The number of benzene rings is 1. The summed E-state index contributed by atoms with van der Waals surface area (Å²) in [6, 6.07) is 9.95. The van der Waals surface area contributed by atoms with E-state index in [9.17, 15) is 4.79 Å². The van der Waals surface area contributed by atoms with Crippen molar-refractivity contribution in [2.45, 2.75) is 18.8 Å². The van der Waals surface area contributed by atoms with E-state index in [1.54, 1.807) is 0 Å². The molecule has 1 N–H and O–H groups in total. The first kappa shape index (κ1) is 15.0. The van der Waals surface area contributed by atoms with Crippen LogP contribution in [0.4, 0.5) is 0 Å². The summed E-state index contributed by atoms with van der Waals surface area (Å²) in [6.45, 7) is 1.45. The van der Waals surface area contributed by atoms with Gasteiger partial charge in [-0.15, -0.1) is 11.3 Å². The molecule has 3 aromatic rings. The summed E-state index contributed by atoms with van der Waals surface area (Å²) < 4.78 is 0. The lowest BCUT2D eigenvalue weighted by Gasteiger charge is -2.30. The van der Waals surface area contributed by atoms with E-state index in [1.165, 1.54) is 17.7 Å². The van der Waals surface area contributed by atoms with E-state index in [0.29, 0.717) is 11.6 Å². The zero-order valence-electron chi connectivity index (χ0n) is 13.1. The fourth-order valence-electron chi connectivity index (χ4n) is 3.01. The number of amides is 1. The molecule has 0 atom stereocenters. The van der Waals surface area contributed by atoms with Crippen LogP contribution in [-0.4, -0.2) is 44.1 Å². The number of aromatic amines is 1. The Hall–Kier alpha value is -2.54. The van der Waals surface area contributed by atoms with Crippen LogP contribution in [0.25, 0.3) is 10.6 Å². The largest absolute Gasteiger partial charge is 0.337 e. The summed E-state index contributed by atoms with van der Waals surface area (Å²) in [5.41, 5.74) is 1.59. The highest BCUT2D eigenvalue weighted by molar-refractivity contribution is 7.13. The maximum atomic E-state index is 12.7. The Labute approximate surface area is 143 Å². The van der Waals surface area contributed by atoms with Crippen molar-refractivity contribution in [3.05, 3.63) is 53.6 Å². The molecule has 1 amide bonds. The third-order valence-corrected chi connectivity index (χ3v) is 5.24. The molecule has 1 aromatic carbocycles. The number of H-pyrrole nitrogens is 1. The lowest BCUT2D eigenvalue weighted by molar-refractivity contribution is 0.0706. The highest BCUT2D eigenvalue weighted by Crippen LogP contribution is 2.27. The molecule has 1 fully saturated rings. The molecule has 0 aliphatic carbocycles. The molecule has 1 aliphatic heterocycles. The second-order valence-electron chi connectivity index (χ2n) is 5.84. The van der Waals surface area contributed by atoms with E-state index in [1.807, 2.05) is 40.6 Å². The topological polar surface area (TPSA) is 74.8 Å². The second kappa shape index (κ2) is 6.52. The van der Waals surface area contributed by atoms with Crippen LogP contribution in [0, 0.1) is 0 Å². The van der Waals surface area contributed by atoms with Gasteiger partial charge in [0.2, 0.25) is 0 Å². The van der Waals surface area contributed by atoms with Crippen LogP contribution in [0.15, 0.2) is 42.0 Å². The maximum absolute atomic E-state index is 12.7. The molecule has 2 aromatic heterocycles. The molecule has 0 unspecified atom stereocenters. The van der Waals surface area contributed by atoms with Gasteiger partial charge in [0.15, 0.2) is 0 Å². The standard InChI is InChI=1S/C17H17N5OS/c23-17(14-10-24-16(20-14)13-4-2-1-3-5-13)22-8-6-12(7-9-22)15-18-11-19-21-15/h1-5,10-12H,6-9H2,(H,18,19,21). The van der Waals surface area contributed by atoms with Crippen molar-refractivity contribution in [1.82, 2.24) is 25.1 Å². The number of carbonyl (C=O) groups excluding carboxylic acids is 1. The van der Waals surface area contributed by atoms with Crippen molar-refractivity contribution in [1.29, 1.82) is 0 Å². The molecule has 6 nitrogen and oxygen atoms in total. The van der Waals surface area contributed by atoms with Gasteiger partial charge < -0.3 is 4.90 Å². The average molecular weight is 339 g/mol. The Balaban J connectivity index is 1.43. The second-order valence-corrected chi connectivity index (χ2v) is 6.70. The minimum atomic E-state index is 0.0180. The Kier molecular flexibility index (Phi) is 4.08. The first-order valence-electron chi connectivity index (χ1n) is 7.97. The van der Waals surface area contributed by atoms with Crippen molar-refractivity contribution in [3.8, 4) is 10.6 Å². The molecule has 1 aliphatic rings. The van der Waals surface area contributed by atoms with Crippen LogP contribution < -0.4 is 0 Å². The molecule has 4 rings (SSSR count). The molecule has 7 heteroatoms. The third-order valence-electron chi connectivity index (χ3n) is 4.35. The van der Waals surface area contributed by atoms with Gasteiger partial charge in [0, 0.05) is 30.0 Å². The summed E-state index contributed by atoms with van der Waals surface area (Å²) in [6.07, 6.45) is 3.33. The van der Waals surface area contributed by atoms with Crippen LogP contribution in [0.2, 0.25) is 0 Å². The SMILES string of the molecule is O=C(c1csc(-c2ccccc2)n1)N1CCC(c2ncn[nH]2)CC1. The number of thiazole rings is 1. The van der Waals surface area contributed by atoms with Gasteiger partial charge in [0.25, 0.3) is 5.91 Å². The Morgan fingerprint density at radius 3 is 2.71 bits per heavy atom. The molecule has 0 bridgehead atoms. The Morgan fingerprint density at radius 2 is 2.00 bits per heavy atom. The van der Waals surface area contributed by atoms with Gasteiger partial charge in [-0.3, -0.25) is 9.89 Å². The molecule has 0 spiro atoms. The summed E-state index contributed by atoms with van der Waals surface area (Å²) >= 11 is 1.51. The van der Waals surface area contributed by atoms with Gasteiger partial charge in [-0.05, 0) is 12.8 Å². The predicted octanol–water partition coefficient (Wildman–Crippen LogP) is 2.95. The number of nitrogens with zero attached hydrogens (tertiary/aromatic N) is 4. The number of hydrogen-bond donors (Lipinski definition) is 1. The highest BCUT2D eigenvalue weighted by atomic mass is 32.1. The van der Waals surface area contributed by atoms with Crippen LogP contribution in [-0.2, 0) is 0 Å². The van der Waals surface area contributed by atoms with Gasteiger partial charge in [0.1, 0.15) is 22.9 Å². The fraction of sp³-hybridized carbons (Fsp3) is 0.294. The summed E-state index contributed by atoms with van der Waals surface area (Å²) in [4.78, 5) is 23.3. The molecule has 0 radical (unpaired) electrons. The lowest BCUT2D eigenvalue weighted by Crippen LogP contribution is -2.38. The van der Waals surface area contributed by atoms with E-state index < -0.39 is 0 Å². The summed E-state index contributed by atoms with van der Waals surface area (Å²) in [5, 5.41) is 9.57. The lowest BCUT2D eigenvalue weighted by atomic mass is 9.96. The summed E-state index contributed by atoms with van der Waals surface area (Å²) in [5.74, 6) is 1.29. The van der Waals surface area contributed by atoms with Crippen LogP contribution in [0.1, 0.15) is 35.1 Å². The van der Waals surface area contributed by atoms with Gasteiger partial charge in [-0.2, -0.15) is 5.10 Å². The van der Waals surface area contributed by atoms with Crippen LogP contribution >= 0.6 is 11.3 Å². The Bertz CT molecular complexity index is 807. The molecule has 24 heavy (non-hydrogen) atoms. The summed E-state index contributed by atoms with van der Waals surface area (Å²) in [7, 11) is 0. The minimum Gasteiger partial charge on any atom is -0.337 e. The smallest absolute Gasteiger partial charge is 0.273 e. The maximum Gasteiger partial charge on any atom is 0.273 e. The van der Waals surface area contributed by atoms with Crippen molar-refractivity contribution in [3.63, 3.8) is 0 Å². The number of aromatic nitrogens is 4. The number of nitrogens with one attached hydrogen (secondary N) is 1. The quantitative estimate of drug-likeness (QED) is 0.796. The van der Waals surface area contributed by atoms with Crippen LogP contribution in [0.5, 0.6) is 0 Å². The number of hydrogen-bond acceptors (Lipinski definition) is 5. The predicted molar refractivity (Wildman–Crippen MR) is 91.8 cm³/mol. The minimum absolute atomic E-state index is 0.0180. The normalized spacial score (nSPS) is 15.6. The first-order valence-corrected chi connectivity index (χ1v) is 8.85. The molecule has 0 saturated carbocycles. The first-order chi connectivity index (χ1) is 11.8. The van der Waals surface area contributed by atoms with E-state index >= 15 is 0 Å². The molecule has 122 valence electrons. The van der Waals surface area contributed by atoms with E-state index in [0.717, 1.165) is 42.3 Å². The van der Waals surface area contributed by atoms with Crippen molar-refractivity contribution >= 4 is 17.2 Å². The number of piperidine rings is 1. The van der Waals surface area contributed by atoms with Gasteiger partial charge in [-0.25, -0.2) is 9.97 Å².